The highest BCUT2D eigenvalue weighted by molar-refractivity contribution is 7.92. The van der Waals surface area contributed by atoms with Gasteiger partial charge in [-0.2, -0.15) is 13.5 Å². The summed E-state index contributed by atoms with van der Waals surface area (Å²) < 4.78 is 27.5. The van der Waals surface area contributed by atoms with Crippen molar-refractivity contribution in [2.45, 2.75) is 38.4 Å². The standard InChI is InChI=1S/C14H20N4O2S/c1-10(2)15-8-12-9-16-17-14(12)21(19,20)18-13-7-5-4-6-11(13)3/h4-7,9-10,15,18H,8H2,1-3H3,(H,16,17). The molecule has 0 aliphatic carbocycles. The van der Waals surface area contributed by atoms with Crippen molar-refractivity contribution in [3.63, 3.8) is 0 Å². The highest BCUT2D eigenvalue weighted by atomic mass is 32.2. The first-order chi connectivity index (χ1) is 9.90. The lowest BCUT2D eigenvalue weighted by atomic mass is 10.2. The minimum Gasteiger partial charge on any atom is -0.310 e. The van der Waals surface area contributed by atoms with E-state index >= 15 is 0 Å². The molecule has 1 heterocycles. The van der Waals surface area contributed by atoms with Gasteiger partial charge in [0.15, 0.2) is 5.03 Å². The van der Waals surface area contributed by atoms with Crippen LogP contribution in [-0.2, 0) is 16.6 Å². The van der Waals surface area contributed by atoms with Gasteiger partial charge in [0.1, 0.15) is 0 Å². The van der Waals surface area contributed by atoms with Crippen molar-refractivity contribution in [2.24, 2.45) is 0 Å². The molecule has 3 N–H and O–H groups in total. The summed E-state index contributed by atoms with van der Waals surface area (Å²) in [5, 5.41) is 9.69. The van der Waals surface area contributed by atoms with Gasteiger partial charge in [0.05, 0.1) is 11.9 Å². The van der Waals surface area contributed by atoms with Crippen LogP contribution in [0.3, 0.4) is 0 Å². The second-order valence-corrected chi connectivity index (χ2v) is 6.80. The van der Waals surface area contributed by atoms with E-state index < -0.39 is 10.0 Å². The zero-order valence-electron chi connectivity index (χ0n) is 12.3. The van der Waals surface area contributed by atoms with Gasteiger partial charge in [-0.1, -0.05) is 32.0 Å². The summed E-state index contributed by atoms with van der Waals surface area (Å²) in [7, 11) is -3.68. The molecule has 114 valence electrons. The van der Waals surface area contributed by atoms with E-state index in [1.54, 1.807) is 12.1 Å². The third-order valence-electron chi connectivity index (χ3n) is 3.04. The molecule has 0 bridgehead atoms. The molecule has 0 saturated carbocycles. The summed E-state index contributed by atoms with van der Waals surface area (Å²) in [5.74, 6) is 0. The van der Waals surface area contributed by atoms with Crippen LogP contribution in [0.4, 0.5) is 5.69 Å². The maximum absolute atomic E-state index is 12.5. The largest absolute Gasteiger partial charge is 0.310 e. The fourth-order valence-corrected chi connectivity index (χ4v) is 3.12. The van der Waals surface area contributed by atoms with E-state index in [1.165, 1.54) is 6.20 Å². The number of aromatic amines is 1. The van der Waals surface area contributed by atoms with Crippen LogP contribution in [0.25, 0.3) is 0 Å². The first-order valence-electron chi connectivity index (χ1n) is 6.74. The SMILES string of the molecule is Cc1ccccc1NS(=O)(=O)c1[nH]ncc1CNC(C)C. The molecule has 0 aliphatic heterocycles. The molecular weight excluding hydrogens is 288 g/mol. The predicted octanol–water partition coefficient (Wildman–Crippen LogP) is 2.02. The lowest BCUT2D eigenvalue weighted by Crippen LogP contribution is -2.23. The van der Waals surface area contributed by atoms with Gasteiger partial charge in [-0.05, 0) is 18.6 Å². The number of aryl methyl sites for hydroxylation is 1. The minimum atomic E-state index is -3.68. The fraction of sp³-hybridized carbons (Fsp3) is 0.357. The second kappa shape index (κ2) is 6.28. The number of rotatable bonds is 6. The van der Waals surface area contributed by atoms with Crippen molar-refractivity contribution in [1.29, 1.82) is 0 Å². The number of sulfonamides is 1. The molecule has 0 amide bonds. The van der Waals surface area contributed by atoms with Crippen molar-refractivity contribution in [3.8, 4) is 0 Å². The summed E-state index contributed by atoms with van der Waals surface area (Å²) in [6.07, 6.45) is 1.53. The number of anilines is 1. The van der Waals surface area contributed by atoms with Gasteiger partial charge < -0.3 is 5.32 Å². The van der Waals surface area contributed by atoms with E-state index in [4.69, 9.17) is 0 Å². The van der Waals surface area contributed by atoms with E-state index in [-0.39, 0.29) is 11.1 Å². The molecule has 2 rings (SSSR count). The van der Waals surface area contributed by atoms with Crippen LogP contribution >= 0.6 is 0 Å². The number of aromatic nitrogens is 2. The van der Waals surface area contributed by atoms with Crippen LogP contribution in [0, 0.1) is 6.92 Å². The van der Waals surface area contributed by atoms with E-state index in [1.807, 2.05) is 32.9 Å². The van der Waals surface area contributed by atoms with E-state index in [9.17, 15) is 8.42 Å². The summed E-state index contributed by atoms with van der Waals surface area (Å²) >= 11 is 0. The molecule has 21 heavy (non-hydrogen) atoms. The van der Waals surface area contributed by atoms with E-state index in [0.29, 0.717) is 17.8 Å². The van der Waals surface area contributed by atoms with Crippen LogP contribution in [0.1, 0.15) is 25.0 Å². The minimum absolute atomic E-state index is 0.0962. The molecule has 1 aromatic heterocycles. The third-order valence-corrected chi connectivity index (χ3v) is 4.42. The highest BCUT2D eigenvalue weighted by Gasteiger charge is 2.21. The summed E-state index contributed by atoms with van der Waals surface area (Å²) in [6, 6.07) is 7.50. The Hall–Kier alpha value is -1.86. The molecule has 0 spiro atoms. The Morgan fingerprint density at radius 1 is 1.29 bits per heavy atom. The molecule has 0 atom stereocenters. The van der Waals surface area contributed by atoms with Crippen LogP contribution in [0.5, 0.6) is 0 Å². The first-order valence-corrected chi connectivity index (χ1v) is 8.22. The third kappa shape index (κ3) is 3.83. The molecular formula is C14H20N4O2S. The maximum Gasteiger partial charge on any atom is 0.279 e. The van der Waals surface area contributed by atoms with Crippen molar-refractivity contribution in [2.75, 3.05) is 4.72 Å². The monoisotopic (exact) mass is 308 g/mol. The summed E-state index contributed by atoms with van der Waals surface area (Å²) in [6.45, 7) is 6.30. The Morgan fingerprint density at radius 2 is 2.00 bits per heavy atom. The number of para-hydroxylation sites is 1. The molecule has 0 unspecified atom stereocenters. The number of hydrogen-bond donors (Lipinski definition) is 3. The zero-order valence-corrected chi connectivity index (χ0v) is 13.2. The number of benzene rings is 1. The Labute approximate surface area is 125 Å². The van der Waals surface area contributed by atoms with E-state index in [2.05, 4.69) is 20.2 Å². The highest BCUT2D eigenvalue weighted by Crippen LogP contribution is 2.20. The van der Waals surface area contributed by atoms with Crippen LogP contribution < -0.4 is 10.0 Å². The first kappa shape index (κ1) is 15.5. The Balaban J connectivity index is 2.24. The van der Waals surface area contributed by atoms with Crippen LogP contribution in [0.15, 0.2) is 35.5 Å². The fourth-order valence-electron chi connectivity index (χ4n) is 1.86. The van der Waals surface area contributed by atoms with Crippen molar-refractivity contribution < 1.29 is 8.42 Å². The number of H-pyrrole nitrogens is 1. The Bertz CT molecular complexity index is 707. The molecule has 0 radical (unpaired) electrons. The van der Waals surface area contributed by atoms with Gasteiger partial charge in [0.2, 0.25) is 0 Å². The second-order valence-electron chi connectivity index (χ2n) is 5.18. The molecule has 0 aliphatic rings. The van der Waals surface area contributed by atoms with Gasteiger partial charge in [-0.15, -0.1) is 0 Å². The number of hydrogen-bond acceptors (Lipinski definition) is 4. The van der Waals surface area contributed by atoms with Crippen molar-refractivity contribution in [3.05, 3.63) is 41.6 Å². The summed E-state index contributed by atoms with van der Waals surface area (Å²) in [4.78, 5) is 0. The topological polar surface area (TPSA) is 86.9 Å². The molecule has 6 nitrogen and oxygen atoms in total. The molecule has 7 heteroatoms. The Morgan fingerprint density at radius 3 is 2.67 bits per heavy atom. The lowest BCUT2D eigenvalue weighted by molar-refractivity contribution is 0.574. The molecule has 2 aromatic rings. The van der Waals surface area contributed by atoms with Crippen LogP contribution in [0.2, 0.25) is 0 Å². The van der Waals surface area contributed by atoms with Gasteiger partial charge in [0.25, 0.3) is 10.0 Å². The van der Waals surface area contributed by atoms with Gasteiger partial charge in [-0.25, -0.2) is 0 Å². The number of nitrogens with one attached hydrogen (secondary N) is 3. The average Bonchev–Trinajstić information content (AvgIpc) is 2.88. The smallest absolute Gasteiger partial charge is 0.279 e. The molecule has 1 aromatic carbocycles. The van der Waals surface area contributed by atoms with Gasteiger partial charge in [-0.3, -0.25) is 9.82 Å². The predicted molar refractivity (Wildman–Crippen MR) is 82.6 cm³/mol. The van der Waals surface area contributed by atoms with Gasteiger partial charge >= 0.3 is 0 Å². The van der Waals surface area contributed by atoms with Crippen molar-refractivity contribution in [1.82, 2.24) is 15.5 Å². The average molecular weight is 308 g/mol. The van der Waals surface area contributed by atoms with Crippen LogP contribution in [-0.4, -0.2) is 24.7 Å². The Kier molecular flexibility index (Phi) is 4.64. The normalized spacial score (nSPS) is 11.8. The summed E-state index contributed by atoms with van der Waals surface area (Å²) in [5.41, 5.74) is 2.04. The lowest BCUT2D eigenvalue weighted by Gasteiger charge is -2.11. The molecule has 0 fully saturated rings. The molecule has 0 saturated heterocycles. The zero-order chi connectivity index (χ0) is 15.5. The number of nitrogens with zero attached hydrogens (tertiary/aromatic N) is 1. The van der Waals surface area contributed by atoms with Gasteiger partial charge in [0, 0.05) is 18.2 Å². The quantitative estimate of drug-likeness (QED) is 0.762. The van der Waals surface area contributed by atoms with Crippen molar-refractivity contribution >= 4 is 15.7 Å². The maximum atomic E-state index is 12.5. The van der Waals surface area contributed by atoms with E-state index in [0.717, 1.165) is 5.56 Å².